The molecule has 0 aliphatic heterocycles. The zero-order valence-corrected chi connectivity index (χ0v) is 9.45. The molecule has 0 bridgehead atoms. The highest BCUT2D eigenvalue weighted by molar-refractivity contribution is 7.09. The van der Waals surface area contributed by atoms with Crippen molar-refractivity contribution in [1.82, 2.24) is 10.3 Å². The Kier molecular flexibility index (Phi) is 4.39. The van der Waals surface area contributed by atoms with Crippen LogP contribution >= 0.6 is 11.3 Å². The second-order valence-corrected chi connectivity index (χ2v) is 4.50. The molecule has 1 aromatic rings. The molecule has 1 heterocycles. The van der Waals surface area contributed by atoms with Crippen LogP contribution in [-0.4, -0.2) is 18.6 Å². The van der Waals surface area contributed by atoms with Gasteiger partial charge in [0.05, 0.1) is 11.2 Å². The first-order valence-corrected chi connectivity index (χ1v) is 5.65. The number of nitrogens with zero attached hydrogens (tertiary/aromatic N) is 1. The summed E-state index contributed by atoms with van der Waals surface area (Å²) in [5.41, 5.74) is 3.15. The van der Waals surface area contributed by atoms with Crippen LogP contribution < -0.4 is 5.32 Å². The molecule has 1 rings (SSSR count). The van der Waals surface area contributed by atoms with Crippen molar-refractivity contribution in [2.24, 2.45) is 5.92 Å². The summed E-state index contributed by atoms with van der Waals surface area (Å²) in [7, 11) is 2.01. The molecule has 0 aromatic carbocycles. The van der Waals surface area contributed by atoms with Crippen molar-refractivity contribution in [1.29, 1.82) is 0 Å². The van der Waals surface area contributed by atoms with Crippen molar-refractivity contribution in [3.05, 3.63) is 16.1 Å². The summed E-state index contributed by atoms with van der Waals surface area (Å²) in [5, 5.41) is 3.20. The Hall–Kier alpha value is -0.410. The highest BCUT2D eigenvalue weighted by Crippen LogP contribution is 2.16. The summed E-state index contributed by atoms with van der Waals surface area (Å²) in [4.78, 5) is 5.69. The number of hydrogen-bond donors (Lipinski definition) is 1. The molecule has 0 saturated carbocycles. The quantitative estimate of drug-likeness (QED) is 0.785. The molecular weight excluding hydrogens is 180 g/mol. The number of aromatic nitrogens is 1. The monoisotopic (exact) mass is 198 g/mol. The third kappa shape index (κ3) is 3.44. The van der Waals surface area contributed by atoms with Crippen LogP contribution in [0.15, 0.2) is 5.51 Å². The van der Waals surface area contributed by atoms with Crippen LogP contribution in [0.1, 0.15) is 23.9 Å². The van der Waals surface area contributed by atoms with Gasteiger partial charge in [-0.3, -0.25) is 0 Å². The topological polar surface area (TPSA) is 24.9 Å². The van der Waals surface area contributed by atoms with E-state index in [4.69, 9.17) is 0 Å². The lowest BCUT2D eigenvalue weighted by atomic mass is 10.0. The first-order valence-electron chi connectivity index (χ1n) is 4.77. The molecule has 1 unspecified atom stereocenters. The van der Waals surface area contributed by atoms with Crippen LogP contribution in [0, 0.1) is 12.8 Å². The molecule has 0 aliphatic carbocycles. The minimum absolute atomic E-state index is 0.756. The molecule has 0 saturated heterocycles. The van der Waals surface area contributed by atoms with Gasteiger partial charge in [0.15, 0.2) is 0 Å². The predicted molar refractivity (Wildman–Crippen MR) is 58.3 cm³/mol. The van der Waals surface area contributed by atoms with Crippen molar-refractivity contribution in [3.63, 3.8) is 0 Å². The lowest BCUT2D eigenvalue weighted by Gasteiger charge is -2.09. The molecule has 0 radical (unpaired) electrons. The number of aryl methyl sites for hydroxylation is 2. The van der Waals surface area contributed by atoms with E-state index in [0.29, 0.717) is 0 Å². The Morgan fingerprint density at radius 2 is 2.38 bits per heavy atom. The fourth-order valence-corrected chi connectivity index (χ4v) is 2.19. The standard InChI is InChI=1S/C10H18N2S/c1-8(6-11-3)4-5-10-9(2)12-7-13-10/h7-8,11H,4-6H2,1-3H3. The molecule has 2 nitrogen and oxygen atoms in total. The fraction of sp³-hybridized carbons (Fsp3) is 0.700. The number of thiazole rings is 1. The van der Waals surface area contributed by atoms with Crippen LogP contribution in [0.5, 0.6) is 0 Å². The second kappa shape index (κ2) is 5.35. The summed E-state index contributed by atoms with van der Waals surface area (Å²) < 4.78 is 0. The van der Waals surface area contributed by atoms with Crippen LogP contribution in [0.4, 0.5) is 0 Å². The Labute approximate surface area is 84.4 Å². The van der Waals surface area contributed by atoms with Gasteiger partial charge in [0.2, 0.25) is 0 Å². The van der Waals surface area contributed by atoms with Crippen LogP contribution in [-0.2, 0) is 6.42 Å². The van der Waals surface area contributed by atoms with E-state index in [0.717, 1.165) is 12.5 Å². The lowest BCUT2D eigenvalue weighted by Crippen LogP contribution is -2.16. The normalized spacial score (nSPS) is 13.2. The van der Waals surface area contributed by atoms with Gasteiger partial charge >= 0.3 is 0 Å². The predicted octanol–water partition coefficient (Wildman–Crippen LogP) is 2.24. The number of hydrogen-bond acceptors (Lipinski definition) is 3. The zero-order valence-electron chi connectivity index (χ0n) is 8.63. The average molecular weight is 198 g/mol. The SMILES string of the molecule is CNCC(C)CCc1scnc1C. The van der Waals surface area contributed by atoms with Gasteiger partial charge in [0.1, 0.15) is 0 Å². The molecule has 74 valence electrons. The Balaban J connectivity index is 2.30. The first-order chi connectivity index (χ1) is 6.24. The van der Waals surface area contributed by atoms with E-state index in [1.54, 1.807) is 11.3 Å². The average Bonchev–Trinajstić information content (AvgIpc) is 2.48. The van der Waals surface area contributed by atoms with Crippen molar-refractivity contribution in [3.8, 4) is 0 Å². The molecule has 3 heteroatoms. The molecular formula is C10H18N2S. The summed E-state index contributed by atoms with van der Waals surface area (Å²) in [6, 6.07) is 0. The maximum absolute atomic E-state index is 4.24. The second-order valence-electron chi connectivity index (χ2n) is 3.56. The minimum Gasteiger partial charge on any atom is -0.319 e. The maximum Gasteiger partial charge on any atom is 0.0797 e. The van der Waals surface area contributed by atoms with E-state index < -0.39 is 0 Å². The molecule has 0 spiro atoms. The van der Waals surface area contributed by atoms with Gasteiger partial charge < -0.3 is 5.32 Å². The third-order valence-corrected chi connectivity index (χ3v) is 3.26. The molecule has 13 heavy (non-hydrogen) atoms. The van der Waals surface area contributed by atoms with Gasteiger partial charge in [-0.2, -0.15) is 0 Å². The van der Waals surface area contributed by atoms with E-state index in [-0.39, 0.29) is 0 Å². The number of rotatable bonds is 5. The van der Waals surface area contributed by atoms with Crippen molar-refractivity contribution >= 4 is 11.3 Å². The van der Waals surface area contributed by atoms with Gasteiger partial charge in [-0.15, -0.1) is 11.3 Å². The van der Waals surface area contributed by atoms with Crippen molar-refractivity contribution in [2.75, 3.05) is 13.6 Å². The fourth-order valence-electron chi connectivity index (χ4n) is 1.39. The Morgan fingerprint density at radius 3 is 2.92 bits per heavy atom. The summed E-state index contributed by atoms with van der Waals surface area (Å²) in [6.07, 6.45) is 2.43. The summed E-state index contributed by atoms with van der Waals surface area (Å²) in [5.74, 6) is 0.756. The summed E-state index contributed by atoms with van der Waals surface area (Å²) >= 11 is 1.78. The van der Waals surface area contributed by atoms with Gasteiger partial charge in [-0.05, 0) is 39.3 Å². The Morgan fingerprint density at radius 1 is 1.62 bits per heavy atom. The lowest BCUT2D eigenvalue weighted by molar-refractivity contribution is 0.506. The van der Waals surface area contributed by atoms with Crippen molar-refractivity contribution < 1.29 is 0 Å². The molecule has 1 N–H and O–H groups in total. The van der Waals surface area contributed by atoms with Gasteiger partial charge in [-0.1, -0.05) is 6.92 Å². The van der Waals surface area contributed by atoms with Crippen molar-refractivity contribution in [2.45, 2.75) is 26.7 Å². The first kappa shape index (κ1) is 10.7. The minimum atomic E-state index is 0.756. The van der Waals surface area contributed by atoms with Crippen LogP contribution in [0.25, 0.3) is 0 Å². The smallest absolute Gasteiger partial charge is 0.0797 e. The van der Waals surface area contributed by atoms with Crippen LogP contribution in [0.3, 0.4) is 0 Å². The molecule has 1 aromatic heterocycles. The van der Waals surface area contributed by atoms with Gasteiger partial charge in [0, 0.05) is 4.88 Å². The Bertz CT molecular complexity index is 245. The molecule has 1 atom stereocenters. The maximum atomic E-state index is 4.24. The van der Waals surface area contributed by atoms with E-state index in [1.807, 2.05) is 12.6 Å². The number of nitrogens with one attached hydrogen (secondary N) is 1. The summed E-state index contributed by atoms with van der Waals surface area (Å²) in [6.45, 7) is 5.49. The molecule has 0 amide bonds. The molecule has 0 aliphatic rings. The van der Waals surface area contributed by atoms with E-state index >= 15 is 0 Å². The van der Waals surface area contributed by atoms with E-state index in [9.17, 15) is 0 Å². The molecule has 0 fully saturated rings. The zero-order chi connectivity index (χ0) is 9.68. The van der Waals surface area contributed by atoms with E-state index in [2.05, 4.69) is 24.1 Å². The highest BCUT2D eigenvalue weighted by atomic mass is 32.1. The third-order valence-electron chi connectivity index (χ3n) is 2.26. The van der Waals surface area contributed by atoms with Gasteiger partial charge in [-0.25, -0.2) is 4.98 Å². The van der Waals surface area contributed by atoms with Crippen LogP contribution in [0.2, 0.25) is 0 Å². The largest absolute Gasteiger partial charge is 0.319 e. The van der Waals surface area contributed by atoms with E-state index in [1.165, 1.54) is 23.4 Å². The van der Waals surface area contributed by atoms with Gasteiger partial charge in [0.25, 0.3) is 0 Å². The highest BCUT2D eigenvalue weighted by Gasteiger charge is 2.04.